The molecule has 1 N–H and O–H groups in total. The van der Waals surface area contributed by atoms with E-state index in [0.29, 0.717) is 23.4 Å². The zero-order chi connectivity index (χ0) is 17.3. The Hall–Kier alpha value is -2.82. The first-order chi connectivity index (χ1) is 11.6. The number of methoxy groups -OCH3 is 1. The summed E-state index contributed by atoms with van der Waals surface area (Å²) in [4.78, 5) is 26.5. The molecule has 5 nitrogen and oxygen atoms in total. The van der Waals surface area contributed by atoms with E-state index in [2.05, 4.69) is 0 Å². The maximum Gasteiger partial charge on any atom is 0.313 e. The average Bonchev–Trinajstić information content (AvgIpc) is 2.61. The van der Waals surface area contributed by atoms with E-state index in [1.165, 1.54) is 0 Å². The van der Waals surface area contributed by atoms with Gasteiger partial charge in [0, 0.05) is 12.1 Å². The van der Waals surface area contributed by atoms with Crippen LogP contribution in [0.4, 0.5) is 0 Å². The number of ether oxygens (including phenoxy) is 1. The molecule has 0 radical (unpaired) electrons. The van der Waals surface area contributed by atoms with Gasteiger partial charge in [0.1, 0.15) is 11.7 Å². The largest absolute Gasteiger partial charge is 0.497 e. The SMILES string of the molecule is CCN1C(=O)c2ccccc2C(C(=O)O)C1c1cccc(OC)c1. The normalized spacial score (nSPS) is 19.8. The number of hydrogen-bond donors (Lipinski definition) is 1. The third-order valence-electron chi connectivity index (χ3n) is 4.48. The van der Waals surface area contributed by atoms with Crippen molar-refractivity contribution in [3.05, 3.63) is 65.2 Å². The number of carbonyl (C=O) groups is 2. The van der Waals surface area contributed by atoms with Crippen LogP contribution in [0.15, 0.2) is 48.5 Å². The smallest absolute Gasteiger partial charge is 0.313 e. The van der Waals surface area contributed by atoms with Gasteiger partial charge in [-0.1, -0.05) is 30.3 Å². The van der Waals surface area contributed by atoms with E-state index in [9.17, 15) is 14.7 Å². The van der Waals surface area contributed by atoms with Crippen molar-refractivity contribution < 1.29 is 19.4 Å². The van der Waals surface area contributed by atoms with E-state index < -0.39 is 17.9 Å². The molecule has 124 valence electrons. The summed E-state index contributed by atoms with van der Waals surface area (Å²) in [5.41, 5.74) is 1.78. The number of nitrogens with zero attached hydrogens (tertiary/aromatic N) is 1. The number of rotatable bonds is 4. The Kier molecular flexibility index (Phi) is 4.25. The maximum absolute atomic E-state index is 12.9. The van der Waals surface area contributed by atoms with Gasteiger partial charge in [0.2, 0.25) is 0 Å². The summed E-state index contributed by atoms with van der Waals surface area (Å²) in [5.74, 6) is -1.26. The van der Waals surface area contributed by atoms with Crippen molar-refractivity contribution in [3.63, 3.8) is 0 Å². The first-order valence-electron chi connectivity index (χ1n) is 7.85. The summed E-state index contributed by atoms with van der Waals surface area (Å²) >= 11 is 0. The lowest BCUT2D eigenvalue weighted by atomic mass is 9.80. The summed E-state index contributed by atoms with van der Waals surface area (Å²) in [7, 11) is 1.56. The highest BCUT2D eigenvalue weighted by atomic mass is 16.5. The lowest BCUT2D eigenvalue weighted by Crippen LogP contribution is -2.44. The van der Waals surface area contributed by atoms with Gasteiger partial charge in [-0.05, 0) is 36.2 Å². The number of carbonyl (C=O) groups excluding carboxylic acids is 1. The Morgan fingerprint density at radius 1 is 1.21 bits per heavy atom. The van der Waals surface area contributed by atoms with Gasteiger partial charge in [-0.25, -0.2) is 0 Å². The molecule has 2 aromatic rings. The fourth-order valence-electron chi connectivity index (χ4n) is 3.40. The van der Waals surface area contributed by atoms with E-state index in [-0.39, 0.29) is 5.91 Å². The van der Waals surface area contributed by atoms with Crippen molar-refractivity contribution in [2.75, 3.05) is 13.7 Å². The van der Waals surface area contributed by atoms with Crippen LogP contribution in [-0.2, 0) is 4.79 Å². The second kappa shape index (κ2) is 6.35. The first kappa shape index (κ1) is 16.1. The van der Waals surface area contributed by atoms with Crippen LogP contribution in [0.25, 0.3) is 0 Å². The standard InChI is InChI=1S/C19H19NO4/c1-3-20-17(12-7-6-8-13(11-12)24-2)16(19(22)23)14-9-4-5-10-15(14)18(20)21/h4-11,16-17H,3H2,1-2H3,(H,22,23). The molecule has 0 fully saturated rings. The highest BCUT2D eigenvalue weighted by Gasteiger charge is 2.43. The fourth-order valence-corrected chi connectivity index (χ4v) is 3.40. The summed E-state index contributed by atoms with van der Waals surface area (Å²) in [6.45, 7) is 2.29. The highest BCUT2D eigenvalue weighted by molar-refractivity contribution is 6.00. The Balaban J connectivity index is 2.21. The van der Waals surface area contributed by atoms with E-state index >= 15 is 0 Å². The molecule has 2 atom stereocenters. The van der Waals surface area contributed by atoms with E-state index in [0.717, 1.165) is 5.56 Å². The van der Waals surface area contributed by atoms with Gasteiger partial charge in [-0.15, -0.1) is 0 Å². The predicted molar refractivity (Wildman–Crippen MR) is 89.3 cm³/mol. The third kappa shape index (κ3) is 2.52. The molecule has 0 aliphatic carbocycles. The zero-order valence-electron chi connectivity index (χ0n) is 13.6. The second-order valence-electron chi connectivity index (χ2n) is 5.72. The summed E-state index contributed by atoms with van der Waals surface area (Å²) in [6, 6.07) is 13.6. The minimum absolute atomic E-state index is 0.140. The molecule has 0 saturated carbocycles. The highest BCUT2D eigenvalue weighted by Crippen LogP contribution is 2.43. The number of aliphatic carboxylic acids is 1. The minimum Gasteiger partial charge on any atom is -0.497 e. The van der Waals surface area contributed by atoms with Gasteiger partial charge in [0.05, 0.1) is 13.2 Å². The van der Waals surface area contributed by atoms with Crippen LogP contribution in [0.2, 0.25) is 0 Å². The number of likely N-dealkylation sites (N-methyl/N-ethyl adjacent to an activating group) is 1. The molecule has 2 unspecified atom stereocenters. The van der Waals surface area contributed by atoms with Gasteiger partial charge in [0.25, 0.3) is 5.91 Å². The van der Waals surface area contributed by atoms with Gasteiger partial charge in [0.15, 0.2) is 0 Å². The molecule has 1 amide bonds. The Morgan fingerprint density at radius 3 is 2.62 bits per heavy atom. The molecule has 0 saturated heterocycles. The van der Waals surface area contributed by atoms with Crippen molar-refractivity contribution in [1.82, 2.24) is 4.90 Å². The molecule has 0 spiro atoms. The van der Waals surface area contributed by atoms with Gasteiger partial charge < -0.3 is 14.7 Å². The molecule has 2 aromatic carbocycles. The van der Waals surface area contributed by atoms with Crippen molar-refractivity contribution in [2.24, 2.45) is 0 Å². The van der Waals surface area contributed by atoms with E-state index in [1.807, 2.05) is 19.1 Å². The van der Waals surface area contributed by atoms with Gasteiger partial charge in [-0.2, -0.15) is 0 Å². The molecular weight excluding hydrogens is 306 g/mol. The maximum atomic E-state index is 12.9. The number of carboxylic acids is 1. The number of benzene rings is 2. The van der Waals surface area contributed by atoms with Crippen LogP contribution < -0.4 is 4.74 Å². The lowest BCUT2D eigenvalue weighted by Gasteiger charge is -2.40. The molecule has 24 heavy (non-hydrogen) atoms. The Labute approximate surface area is 140 Å². The molecule has 1 aliphatic rings. The van der Waals surface area contributed by atoms with Crippen LogP contribution >= 0.6 is 0 Å². The third-order valence-corrected chi connectivity index (χ3v) is 4.48. The van der Waals surface area contributed by atoms with Crippen LogP contribution in [0, 0.1) is 0 Å². The molecule has 1 heterocycles. The summed E-state index contributed by atoms with van der Waals surface area (Å²) < 4.78 is 5.26. The lowest BCUT2D eigenvalue weighted by molar-refractivity contribution is -0.140. The van der Waals surface area contributed by atoms with Crippen molar-refractivity contribution in [3.8, 4) is 5.75 Å². The van der Waals surface area contributed by atoms with Crippen molar-refractivity contribution in [1.29, 1.82) is 0 Å². The monoisotopic (exact) mass is 325 g/mol. The first-order valence-corrected chi connectivity index (χ1v) is 7.85. The van der Waals surface area contributed by atoms with E-state index in [1.54, 1.807) is 48.4 Å². The minimum atomic E-state index is -0.943. The number of amides is 1. The predicted octanol–water partition coefficient (Wildman–Crippen LogP) is 3.08. The average molecular weight is 325 g/mol. The molecule has 3 rings (SSSR count). The zero-order valence-corrected chi connectivity index (χ0v) is 13.6. The van der Waals surface area contributed by atoms with Crippen LogP contribution in [0.3, 0.4) is 0 Å². The van der Waals surface area contributed by atoms with Crippen LogP contribution in [0.5, 0.6) is 5.75 Å². The van der Waals surface area contributed by atoms with Crippen LogP contribution in [-0.4, -0.2) is 35.5 Å². The summed E-state index contributed by atoms with van der Waals surface area (Å²) in [6.07, 6.45) is 0. The molecule has 0 bridgehead atoms. The fraction of sp³-hybridized carbons (Fsp3) is 0.263. The van der Waals surface area contributed by atoms with Crippen molar-refractivity contribution in [2.45, 2.75) is 18.9 Å². The molecule has 1 aliphatic heterocycles. The van der Waals surface area contributed by atoms with Gasteiger partial charge in [-0.3, -0.25) is 9.59 Å². The summed E-state index contributed by atoms with van der Waals surface area (Å²) in [5, 5.41) is 9.87. The molecule has 5 heteroatoms. The van der Waals surface area contributed by atoms with Crippen LogP contribution in [0.1, 0.15) is 40.4 Å². The number of fused-ring (bicyclic) bond motifs is 1. The quantitative estimate of drug-likeness (QED) is 0.938. The second-order valence-corrected chi connectivity index (χ2v) is 5.72. The van der Waals surface area contributed by atoms with Crippen molar-refractivity contribution >= 4 is 11.9 Å². The number of carboxylic acid groups (broad SMARTS) is 1. The Morgan fingerprint density at radius 2 is 1.96 bits per heavy atom. The Bertz CT molecular complexity index is 786. The van der Waals surface area contributed by atoms with Gasteiger partial charge >= 0.3 is 5.97 Å². The molecule has 0 aromatic heterocycles. The number of hydrogen-bond acceptors (Lipinski definition) is 3. The molecular formula is C19H19NO4. The van der Waals surface area contributed by atoms with E-state index in [4.69, 9.17) is 4.74 Å². The topological polar surface area (TPSA) is 66.8 Å².